The van der Waals surface area contributed by atoms with Gasteiger partial charge in [0, 0.05) is 24.8 Å². The number of rotatable bonds is 5. The summed E-state index contributed by atoms with van der Waals surface area (Å²) >= 11 is 0. The van der Waals surface area contributed by atoms with Crippen LogP contribution in [0.3, 0.4) is 0 Å². The van der Waals surface area contributed by atoms with Crippen molar-refractivity contribution >= 4 is 5.97 Å². The summed E-state index contributed by atoms with van der Waals surface area (Å²) in [5.74, 6) is -0.250. The van der Waals surface area contributed by atoms with Crippen LogP contribution in [0.5, 0.6) is 0 Å². The second-order valence-corrected chi connectivity index (χ2v) is 3.59. The van der Waals surface area contributed by atoms with Crippen LogP contribution in [0.1, 0.15) is 21.8 Å². The lowest BCUT2D eigenvalue weighted by Crippen LogP contribution is -2.15. The van der Waals surface area contributed by atoms with Crippen molar-refractivity contribution in [1.82, 2.24) is 15.5 Å². The van der Waals surface area contributed by atoms with Gasteiger partial charge in [0.1, 0.15) is 0 Å². The molecular formula is C12H13N3O3. The number of hydrogen-bond donors (Lipinski definition) is 1. The predicted molar refractivity (Wildman–Crippen MR) is 62.6 cm³/mol. The van der Waals surface area contributed by atoms with Crippen LogP contribution in [0.25, 0.3) is 0 Å². The first-order valence-corrected chi connectivity index (χ1v) is 5.43. The highest BCUT2D eigenvalue weighted by Crippen LogP contribution is 2.11. The number of esters is 1. The Hall–Kier alpha value is -2.21. The number of nitrogens with one attached hydrogen (secondary N) is 1. The van der Waals surface area contributed by atoms with Crippen LogP contribution in [-0.4, -0.2) is 23.3 Å². The monoisotopic (exact) mass is 247 g/mol. The maximum absolute atomic E-state index is 11.4. The maximum Gasteiger partial charge on any atom is 0.374 e. The Morgan fingerprint density at radius 2 is 2.33 bits per heavy atom. The van der Waals surface area contributed by atoms with Gasteiger partial charge in [-0.05, 0) is 18.2 Å². The number of furan rings is 1. The molecule has 1 N–H and O–H groups in total. The van der Waals surface area contributed by atoms with Crippen LogP contribution in [0.2, 0.25) is 0 Å². The smallest absolute Gasteiger partial charge is 0.374 e. The van der Waals surface area contributed by atoms with Gasteiger partial charge < -0.3 is 14.5 Å². The van der Waals surface area contributed by atoms with Crippen molar-refractivity contribution in [3.05, 3.63) is 47.7 Å². The Morgan fingerprint density at radius 3 is 3.06 bits per heavy atom. The summed E-state index contributed by atoms with van der Waals surface area (Å²) in [7, 11) is 1.32. The van der Waals surface area contributed by atoms with Crippen molar-refractivity contribution in [1.29, 1.82) is 0 Å². The van der Waals surface area contributed by atoms with Crippen molar-refractivity contribution in [3.8, 4) is 0 Å². The molecule has 0 saturated heterocycles. The summed E-state index contributed by atoms with van der Waals surface area (Å²) in [4.78, 5) is 11.4. The van der Waals surface area contributed by atoms with Crippen molar-refractivity contribution in [2.45, 2.75) is 13.1 Å². The minimum Gasteiger partial charge on any atom is -0.463 e. The molecule has 0 radical (unpaired) electrons. The van der Waals surface area contributed by atoms with Gasteiger partial charge in [-0.25, -0.2) is 4.79 Å². The highest BCUT2D eigenvalue weighted by atomic mass is 16.5. The van der Waals surface area contributed by atoms with Crippen LogP contribution in [0.15, 0.2) is 35.1 Å². The van der Waals surface area contributed by atoms with Crippen molar-refractivity contribution in [3.63, 3.8) is 0 Å². The summed E-state index contributed by atoms with van der Waals surface area (Å²) in [6.45, 7) is 1.07. The fraction of sp³-hybridized carbons (Fsp3) is 0.250. The van der Waals surface area contributed by atoms with E-state index in [2.05, 4.69) is 20.3 Å². The van der Waals surface area contributed by atoms with Crippen molar-refractivity contribution < 1.29 is 13.9 Å². The zero-order chi connectivity index (χ0) is 12.8. The maximum atomic E-state index is 11.4. The van der Waals surface area contributed by atoms with Gasteiger partial charge in [0.25, 0.3) is 0 Å². The zero-order valence-electron chi connectivity index (χ0n) is 9.92. The summed E-state index contributed by atoms with van der Waals surface area (Å²) < 4.78 is 9.69. The van der Waals surface area contributed by atoms with E-state index in [-0.39, 0.29) is 5.76 Å². The topological polar surface area (TPSA) is 77.2 Å². The minimum absolute atomic E-state index is 0.226. The van der Waals surface area contributed by atoms with Gasteiger partial charge in [0.05, 0.1) is 19.1 Å². The molecule has 0 bridgehead atoms. The average molecular weight is 247 g/mol. The van der Waals surface area contributed by atoms with E-state index in [1.807, 2.05) is 12.1 Å². The van der Waals surface area contributed by atoms with E-state index in [0.717, 1.165) is 11.3 Å². The molecule has 0 spiro atoms. The molecule has 0 aliphatic rings. The second kappa shape index (κ2) is 5.92. The average Bonchev–Trinajstić information content (AvgIpc) is 2.87. The van der Waals surface area contributed by atoms with Crippen molar-refractivity contribution in [2.24, 2.45) is 0 Å². The molecule has 0 atom stereocenters. The van der Waals surface area contributed by atoms with Gasteiger partial charge in [-0.15, -0.1) is 0 Å². The van der Waals surface area contributed by atoms with Crippen LogP contribution >= 0.6 is 0 Å². The first kappa shape index (κ1) is 12.3. The third-order valence-corrected chi connectivity index (χ3v) is 2.37. The molecule has 2 rings (SSSR count). The molecule has 2 heterocycles. The van der Waals surface area contributed by atoms with Crippen LogP contribution in [-0.2, 0) is 17.8 Å². The lowest BCUT2D eigenvalue weighted by molar-refractivity contribution is 0.0563. The van der Waals surface area contributed by atoms with Crippen LogP contribution in [0, 0.1) is 0 Å². The zero-order valence-corrected chi connectivity index (χ0v) is 9.92. The summed E-state index contributed by atoms with van der Waals surface area (Å²) in [5.41, 5.74) is 1.59. The predicted octanol–water partition coefficient (Wildman–Crippen LogP) is 1.15. The molecule has 94 valence electrons. The van der Waals surface area contributed by atoms with Gasteiger partial charge in [-0.1, -0.05) is 0 Å². The van der Waals surface area contributed by atoms with E-state index in [1.165, 1.54) is 13.4 Å². The molecule has 18 heavy (non-hydrogen) atoms. The Labute approximate surface area is 104 Å². The molecule has 0 amide bonds. The third kappa shape index (κ3) is 2.92. The molecule has 2 aromatic heterocycles. The fourth-order valence-electron chi connectivity index (χ4n) is 1.50. The lowest BCUT2D eigenvalue weighted by atomic mass is 10.2. The van der Waals surface area contributed by atoms with Crippen molar-refractivity contribution in [2.75, 3.05) is 7.11 Å². The number of hydrogen-bond acceptors (Lipinski definition) is 6. The molecule has 0 aliphatic carbocycles. The fourth-order valence-corrected chi connectivity index (χ4v) is 1.50. The highest BCUT2D eigenvalue weighted by Gasteiger charge is 2.15. The number of aromatic nitrogens is 2. The first-order chi connectivity index (χ1) is 8.81. The lowest BCUT2D eigenvalue weighted by Gasteiger charge is -2.03. The van der Waals surface area contributed by atoms with E-state index < -0.39 is 5.97 Å². The molecule has 6 nitrogen and oxygen atoms in total. The summed E-state index contributed by atoms with van der Waals surface area (Å²) in [5, 5.41) is 10.9. The quantitative estimate of drug-likeness (QED) is 0.798. The SMILES string of the molecule is COC(=O)c1occc1CNCc1cccnn1. The molecular weight excluding hydrogens is 234 g/mol. The van der Waals surface area contributed by atoms with E-state index in [0.29, 0.717) is 13.1 Å². The Balaban J connectivity index is 1.91. The number of nitrogens with zero attached hydrogens (tertiary/aromatic N) is 2. The third-order valence-electron chi connectivity index (χ3n) is 2.37. The molecule has 0 aromatic carbocycles. The Kier molecular flexibility index (Phi) is 4.03. The van der Waals surface area contributed by atoms with Gasteiger partial charge in [0.15, 0.2) is 0 Å². The van der Waals surface area contributed by atoms with Gasteiger partial charge in [0.2, 0.25) is 5.76 Å². The van der Waals surface area contributed by atoms with Gasteiger partial charge >= 0.3 is 5.97 Å². The molecule has 6 heteroatoms. The van der Waals surface area contributed by atoms with Gasteiger partial charge in [-0.3, -0.25) is 0 Å². The Morgan fingerprint density at radius 1 is 1.44 bits per heavy atom. The summed E-state index contributed by atoms with van der Waals surface area (Å²) in [6, 6.07) is 5.42. The van der Waals surface area contributed by atoms with E-state index in [9.17, 15) is 4.79 Å². The standard InChI is InChI=1S/C12H13N3O3/c1-17-12(16)11-9(4-6-18-11)7-13-8-10-3-2-5-14-15-10/h2-6,13H,7-8H2,1H3. The van der Waals surface area contributed by atoms with Crippen LogP contribution < -0.4 is 5.32 Å². The molecule has 0 aliphatic heterocycles. The second-order valence-electron chi connectivity index (χ2n) is 3.59. The normalized spacial score (nSPS) is 10.3. The number of methoxy groups -OCH3 is 1. The minimum atomic E-state index is -0.476. The highest BCUT2D eigenvalue weighted by molar-refractivity contribution is 5.87. The largest absolute Gasteiger partial charge is 0.463 e. The molecule has 0 fully saturated rings. The summed E-state index contributed by atoms with van der Waals surface area (Å²) in [6.07, 6.45) is 3.08. The molecule has 0 unspecified atom stereocenters. The Bertz CT molecular complexity index is 510. The molecule has 0 saturated carbocycles. The van der Waals surface area contributed by atoms with E-state index >= 15 is 0 Å². The van der Waals surface area contributed by atoms with E-state index in [4.69, 9.17) is 4.42 Å². The number of ether oxygens (including phenoxy) is 1. The number of carbonyl (C=O) groups excluding carboxylic acids is 1. The first-order valence-electron chi connectivity index (χ1n) is 5.43. The number of carbonyl (C=O) groups is 1. The molecule has 2 aromatic rings. The van der Waals surface area contributed by atoms with Crippen LogP contribution in [0.4, 0.5) is 0 Å². The van der Waals surface area contributed by atoms with Gasteiger partial charge in [-0.2, -0.15) is 10.2 Å². The van der Waals surface area contributed by atoms with E-state index in [1.54, 1.807) is 12.3 Å².